The Kier molecular flexibility index (Phi) is 20.0. The first-order valence-electron chi connectivity index (χ1n) is 31.2. The predicted molar refractivity (Wildman–Crippen MR) is 361 cm³/mol. The van der Waals surface area contributed by atoms with Crippen molar-refractivity contribution in [2.24, 2.45) is 0 Å². The average Bonchev–Trinajstić information content (AvgIpc) is 1.58. The fraction of sp³-hybridized carbons (Fsp3) is 0.237. The number of fused-ring (bicyclic) bond motifs is 2. The number of anilines is 2. The molecule has 2 aliphatic heterocycles. The summed E-state index contributed by atoms with van der Waals surface area (Å²) in [4.78, 5) is 28.1. The maximum absolute atomic E-state index is 15.8. The minimum atomic E-state index is -1.58. The first kappa shape index (κ1) is 64.8. The number of nitrogens with one attached hydrogen (secondary N) is 2. The van der Waals surface area contributed by atoms with Gasteiger partial charge in [-0.05, 0) is 75.2 Å². The third kappa shape index (κ3) is 13.0. The second kappa shape index (κ2) is 29.3. The zero-order chi connectivity index (χ0) is 64.4. The van der Waals surface area contributed by atoms with Crippen LogP contribution in [0.15, 0.2) is 256 Å². The third-order valence-corrected chi connectivity index (χ3v) is 17.4. The minimum Gasteiger partial charge on any atom is -0.497 e. The van der Waals surface area contributed by atoms with Crippen LogP contribution in [0, 0.1) is 0 Å². The van der Waals surface area contributed by atoms with Crippen molar-refractivity contribution in [3.8, 4) is 11.5 Å². The number of alkyl halides is 2. The van der Waals surface area contributed by atoms with E-state index in [0.29, 0.717) is 46.1 Å². The highest BCUT2D eigenvalue weighted by Gasteiger charge is 2.49. The molecule has 0 saturated carbocycles. The number of imidazole rings is 2. The van der Waals surface area contributed by atoms with Crippen LogP contribution in [0.1, 0.15) is 77.7 Å². The number of aromatic nitrogens is 8. The number of nitrogens with zero attached hydrogens (tertiary/aromatic N) is 8. The van der Waals surface area contributed by atoms with Crippen molar-refractivity contribution in [1.82, 2.24) is 39.0 Å². The molecule has 95 heavy (non-hydrogen) atoms. The second-order valence-corrected chi connectivity index (χ2v) is 22.9. The number of aliphatic hydroxyl groups is 1. The molecule has 14 rings (SSSR count). The molecular weight excluding hydrogens is 1200 g/mol. The summed E-state index contributed by atoms with van der Waals surface area (Å²) in [6, 6.07) is 76.2. The van der Waals surface area contributed by atoms with Crippen LogP contribution in [0.2, 0.25) is 0 Å². The Labute approximate surface area is 550 Å². The Balaban J connectivity index is 0.000000180. The molecule has 8 aromatic carbocycles. The van der Waals surface area contributed by atoms with Gasteiger partial charge >= 0.3 is 0 Å². The van der Waals surface area contributed by atoms with Crippen LogP contribution in [0.5, 0.6) is 11.5 Å². The topological polar surface area (TPSA) is 187 Å². The lowest BCUT2D eigenvalue weighted by molar-refractivity contribution is -0.0741. The summed E-state index contributed by atoms with van der Waals surface area (Å²) in [6.45, 7) is 1.76. The Morgan fingerprint density at radius 3 is 1.06 bits per heavy atom. The molecule has 4 aromatic heterocycles. The van der Waals surface area contributed by atoms with Gasteiger partial charge in [-0.15, -0.1) is 0 Å². The fourth-order valence-electron chi connectivity index (χ4n) is 12.7. The molecule has 2 saturated heterocycles. The van der Waals surface area contributed by atoms with Crippen LogP contribution in [-0.4, -0.2) is 102 Å². The van der Waals surface area contributed by atoms with E-state index in [4.69, 9.17) is 43.4 Å². The number of benzene rings is 8. The first-order chi connectivity index (χ1) is 46.2. The largest absolute Gasteiger partial charge is 0.497 e. The molecule has 6 heterocycles. The van der Waals surface area contributed by atoms with Crippen LogP contribution >= 0.6 is 0 Å². The molecule has 0 spiro atoms. The van der Waals surface area contributed by atoms with Crippen molar-refractivity contribution in [2.75, 3.05) is 31.5 Å². The summed E-state index contributed by atoms with van der Waals surface area (Å²) in [6.07, 6.45) is -1.57. The maximum Gasteiger partial charge on any atom is 0.167 e. The molecule has 12 aromatic rings. The molecule has 2 aliphatic rings. The normalized spacial score (nSPS) is 19.3. The Bertz CT molecular complexity index is 3900. The van der Waals surface area contributed by atoms with E-state index in [2.05, 4.69) is 98.4 Å². The molecule has 0 aliphatic carbocycles. The van der Waals surface area contributed by atoms with Crippen LogP contribution < -0.4 is 20.1 Å². The van der Waals surface area contributed by atoms with E-state index in [1.807, 2.05) is 165 Å². The number of ether oxygens (including phenoxy) is 6. The van der Waals surface area contributed by atoms with Crippen LogP contribution in [-0.2, 0) is 43.2 Å². The number of halogens is 2. The van der Waals surface area contributed by atoms with Crippen molar-refractivity contribution in [1.29, 1.82) is 0 Å². The third-order valence-electron chi connectivity index (χ3n) is 17.4. The molecule has 19 heteroatoms. The highest BCUT2D eigenvalue weighted by atomic mass is 19.1. The molecule has 17 nitrogen and oxygen atoms in total. The van der Waals surface area contributed by atoms with Gasteiger partial charge in [-0.1, -0.05) is 221 Å². The Morgan fingerprint density at radius 1 is 0.442 bits per heavy atom. The summed E-state index contributed by atoms with van der Waals surface area (Å²) < 4.78 is 70.1. The molecule has 8 atom stereocenters. The van der Waals surface area contributed by atoms with Gasteiger partial charge in [-0.3, -0.25) is 9.13 Å². The van der Waals surface area contributed by atoms with Crippen molar-refractivity contribution in [3.63, 3.8) is 0 Å². The highest BCUT2D eigenvalue weighted by Crippen LogP contribution is 2.45. The van der Waals surface area contributed by atoms with E-state index in [-0.39, 0.29) is 20.6 Å². The zero-order valence-electron chi connectivity index (χ0n) is 51.9. The summed E-state index contributed by atoms with van der Waals surface area (Å²) in [5.41, 5.74) is 8.11. The lowest BCUT2D eigenvalue weighted by atomic mass is 9.77. The maximum atomic E-state index is 15.8. The van der Waals surface area contributed by atoms with Crippen molar-refractivity contribution in [2.45, 2.75) is 94.3 Å². The quantitative estimate of drug-likeness (QED) is 0.0544. The lowest BCUT2D eigenvalue weighted by Crippen LogP contribution is -2.38. The molecule has 484 valence electrons. The van der Waals surface area contributed by atoms with Crippen LogP contribution in [0.3, 0.4) is 0 Å². The van der Waals surface area contributed by atoms with E-state index < -0.39 is 66.9 Å². The van der Waals surface area contributed by atoms with Gasteiger partial charge in [0, 0.05) is 0 Å². The van der Waals surface area contributed by atoms with Gasteiger partial charge in [0.25, 0.3) is 0 Å². The molecule has 3 N–H and O–H groups in total. The SMILES string of the molecule is C.CC[C@H]1O[C@@H](n2cnc3c(NC(c4ccccc4)(c4ccccc4)c4ccccc4)ncnc32)[C@@H](OCc2ccc(OC)cc2)C1F.COc1ccc(CO[C@H]2C(F)[C@@H](CO)O[C@H]2n2cnc3c(NC(c4ccccc4)(c4ccccc4)c4ccccc4)ncnc32)cc1. The van der Waals surface area contributed by atoms with Gasteiger partial charge < -0.3 is 44.2 Å². The fourth-order valence-corrected chi connectivity index (χ4v) is 12.7. The van der Waals surface area contributed by atoms with Crippen molar-refractivity contribution >= 4 is 34.0 Å². The molecule has 2 fully saturated rings. The van der Waals surface area contributed by atoms with E-state index in [0.717, 1.165) is 50.3 Å². The van der Waals surface area contributed by atoms with E-state index in [1.165, 1.54) is 12.7 Å². The van der Waals surface area contributed by atoms with E-state index in [9.17, 15) is 5.11 Å². The summed E-state index contributed by atoms with van der Waals surface area (Å²) >= 11 is 0. The predicted octanol–water partition coefficient (Wildman–Crippen LogP) is 14.2. The smallest absolute Gasteiger partial charge is 0.167 e. The highest BCUT2D eigenvalue weighted by molar-refractivity contribution is 5.85. The first-order valence-corrected chi connectivity index (χ1v) is 31.2. The molecule has 0 radical (unpaired) electrons. The van der Waals surface area contributed by atoms with E-state index >= 15 is 8.78 Å². The van der Waals surface area contributed by atoms with Gasteiger partial charge in [0.2, 0.25) is 0 Å². The monoisotopic (exact) mass is 1280 g/mol. The number of rotatable bonds is 22. The van der Waals surface area contributed by atoms with E-state index in [1.54, 1.807) is 36.0 Å². The lowest BCUT2D eigenvalue weighted by Gasteiger charge is -2.37. The van der Waals surface area contributed by atoms with Crippen molar-refractivity contribution < 1.29 is 42.3 Å². The number of hydrogen-bond donors (Lipinski definition) is 3. The Morgan fingerprint density at radius 2 is 0.758 bits per heavy atom. The summed E-state index contributed by atoms with van der Waals surface area (Å²) in [5, 5.41) is 17.5. The molecule has 0 amide bonds. The van der Waals surface area contributed by atoms with Crippen LogP contribution in [0.25, 0.3) is 22.3 Å². The van der Waals surface area contributed by atoms with Crippen LogP contribution in [0.4, 0.5) is 20.4 Å². The zero-order valence-corrected chi connectivity index (χ0v) is 51.9. The van der Waals surface area contributed by atoms with Crippen molar-refractivity contribution in [3.05, 3.63) is 300 Å². The van der Waals surface area contributed by atoms with Gasteiger partial charge in [0.15, 0.2) is 58.8 Å². The molecule has 2 unspecified atom stereocenters. The van der Waals surface area contributed by atoms with Gasteiger partial charge in [-0.25, -0.2) is 38.7 Å². The number of aliphatic hydroxyl groups excluding tert-OH is 1. The number of hydrogen-bond acceptors (Lipinski definition) is 15. The summed E-state index contributed by atoms with van der Waals surface area (Å²) in [5.74, 6) is 2.47. The standard InChI is InChI=1S/C38H36FN5O3.C37H34FN5O4.CH4/c1-3-31-32(39)34(46-23-26-19-21-30(45-2)22-20-26)37(47-31)44-25-42-33-35(40-24-41-36(33)44)43-38(27-13-7-4-8-14-27,28-15-9-5-10-16-28)29-17-11-6-12-18-29;1-45-29-19-17-25(18-20-29)22-46-33-31(38)30(21-44)47-36(33)43-24-41-32-34(39-23-40-35(32)43)42-37(26-11-5-2-6-12-26,27-13-7-3-8-14-27)28-15-9-4-10-16-28;/h4-22,24-25,31-32,34,37H,3,23H2,1-2H3,(H,40,41,43);2-20,23-24,30-31,33,36,44H,21-22H2,1H3,(H,39,40,42);1H4/t31-,32?,34+,37-;30-,31?,33+,36-;/m11./s1. The molecule has 0 bridgehead atoms. The molecular formula is C76H74F2N10O7. The Hall–Kier alpha value is -10.3. The average molecular weight is 1280 g/mol. The minimum absolute atomic E-state index is 0. The second-order valence-electron chi connectivity index (χ2n) is 22.9. The van der Waals surface area contributed by atoms with Gasteiger partial charge in [0.05, 0.1) is 52.8 Å². The number of methoxy groups -OCH3 is 2. The van der Waals surface area contributed by atoms with Gasteiger partial charge in [-0.2, -0.15) is 0 Å². The summed E-state index contributed by atoms with van der Waals surface area (Å²) in [7, 11) is 3.22. The van der Waals surface area contributed by atoms with Gasteiger partial charge in [0.1, 0.15) is 53.5 Å².